The third kappa shape index (κ3) is 3.45. The van der Waals surface area contributed by atoms with Gasteiger partial charge in [-0.05, 0) is 57.0 Å². The molecular formula is C22H25NO3. The van der Waals surface area contributed by atoms with Crippen LogP contribution in [-0.2, 0) is 11.2 Å². The average Bonchev–Trinajstić information content (AvgIpc) is 2.99. The zero-order valence-electron chi connectivity index (χ0n) is 16.0. The topological polar surface area (TPSA) is 42.7 Å². The molecule has 0 atom stereocenters. The minimum absolute atomic E-state index is 0.0622. The fraction of sp³-hybridized carbons (Fsp3) is 0.318. The highest BCUT2D eigenvalue weighted by molar-refractivity contribution is 5.98. The van der Waals surface area contributed by atoms with E-state index < -0.39 is 0 Å². The summed E-state index contributed by atoms with van der Waals surface area (Å²) < 4.78 is 10.9. The van der Waals surface area contributed by atoms with Crippen LogP contribution in [0, 0.1) is 13.8 Å². The number of hydrogen-bond acceptors (Lipinski definition) is 3. The largest absolute Gasteiger partial charge is 0.497 e. The van der Waals surface area contributed by atoms with Crippen LogP contribution in [0.3, 0.4) is 0 Å². The van der Waals surface area contributed by atoms with Crippen molar-refractivity contribution < 1.29 is 13.9 Å². The second-order valence-electron chi connectivity index (χ2n) is 6.95. The number of anilines is 1. The molecule has 0 aliphatic carbocycles. The molecule has 4 heteroatoms. The summed E-state index contributed by atoms with van der Waals surface area (Å²) in [6, 6.07) is 11.9. The van der Waals surface area contributed by atoms with Crippen molar-refractivity contribution in [3.05, 3.63) is 59.4 Å². The van der Waals surface area contributed by atoms with Gasteiger partial charge in [-0.2, -0.15) is 0 Å². The van der Waals surface area contributed by atoms with Gasteiger partial charge in [-0.25, -0.2) is 0 Å². The lowest BCUT2D eigenvalue weighted by Gasteiger charge is -2.29. The number of aryl methyl sites for hydroxylation is 2. The van der Waals surface area contributed by atoms with Gasteiger partial charge in [0.25, 0.3) is 0 Å². The maximum absolute atomic E-state index is 13.1. The molecule has 1 aromatic heterocycles. The first-order chi connectivity index (χ1) is 12.4. The lowest BCUT2D eigenvalue weighted by molar-refractivity contribution is -0.118. The minimum atomic E-state index is 0.0622. The molecule has 1 heterocycles. The first-order valence-electron chi connectivity index (χ1n) is 8.84. The minimum Gasteiger partial charge on any atom is -0.497 e. The van der Waals surface area contributed by atoms with Crippen LogP contribution in [0.25, 0.3) is 11.0 Å². The zero-order valence-corrected chi connectivity index (χ0v) is 16.0. The lowest BCUT2D eigenvalue weighted by atomic mass is 10.1. The molecule has 0 aliphatic heterocycles. The van der Waals surface area contributed by atoms with Crippen LogP contribution in [0.15, 0.2) is 47.1 Å². The number of carbonyl (C=O) groups is 1. The molecule has 2 aromatic carbocycles. The van der Waals surface area contributed by atoms with Crippen molar-refractivity contribution in [2.45, 2.75) is 40.2 Å². The fourth-order valence-corrected chi connectivity index (χ4v) is 3.25. The Bertz CT molecular complexity index is 940. The van der Waals surface area contributed by atoms with Crippen molar-refractivity contribution in [1.29, 1.82) is 0 Å². The van der Waals surface area contributed by atoms with E-state index in [1.807, 2.05) is 50.8 Å². The molecule has 0 radical (unpaired) electrons. The fourth-order valence-electron chi connectivity index (χ4n) is 3.25. The van der Waals surface area contributed by atoms with Crippen LogP contribution >= 0.6 is 0 Å². The molecule has 3 aromatic rings. The Kier molecular flexibility index (Phi) is 5.03. The van der Waals surface area contributed by atoms with E-state index in [1.54, 1.807) is 13.4 Å². The van der Waals surface area contributed by atoms with Crippen molar-refractivity contribution in [3.63, 3.8) is 0 Å². The normalized spacial score (nSPS) is 11.2. The number of furan rings is 1. The summed E-state index contributed by atoms with van der Waals surface area (Å²) in [4.78, 5) is 15.0. The molecule has 0 fully saturated rings. The Hall–Kier alpha value is -2.75. The van der Waals surface area contributed by atoms with Gasteiger partial charge in [0.05, 0.1) is 19.8 Å². The van der Waals surface area contributed by atoms with Crippen LogP contribution in [0.4, 0.5) is 5.69 Å². The molecule has 26 heavy (non-hydrogen) atoms. The molecule has 136 valence electrons. The highest BCUT2D eigenvalue weighted by atomic mass is 16.5. The number of fused-ring (bicyclic) bond motifs is 1. The Balaban J connectivity index is 1.93. The molecule has 0 N–H and O–H groups in total. The van der Waals surface area contributed by atoms with E-state index in [9.17, 15) is 4.79 Å². The second kappa shape index (κ2) is 7.24. The van der Waals surface area contributed by atoms with Gasteiger partial charge in [0.2, 0.25) is 5.91 Å². The summed E-state index contributed by atoms with van der Waals surface area (Å²) in [6.07, 6.45) is 1.97. The standard InChI is InChI=1S/C22H25NO3/c1-14(2)23(20-10-15(3)6-7-16(20)4)22(24)11-17-13-26-21-12-18(25-5)8-9-19(17)21/h6-10,12-14H,11H2,1-5H3. The van der Waals surface area contributed by atoms with Crippen molar-refractivity contribution in [1.82, 2.24) is 0 Å². The van der Waals surface area contributed by atoms with E-state index in [-0.39, 0.29) is 11.9 Å². The van der Waals surface area contributed by atoms with Gasteiger partial charge >= 0.3 is 0 Å². The quantitative estimate of drug-likeness (QED) is 0.646. The van der Waals surface area contributed by atoms with E-state index in [0.717, 1.165) is 39.1 Å². The molecule has 0 unspecified atom stereocenters. The predicted octanol–water partition coefficient (Wildman–Crippen LogP) is 5.04. The molecule has 0 saturated heterocycles. The highest BCUT2D eigenvalue weighted by Crippen LogP contribution is 2.28. The predicted molar refractivity (Wildman–Crippen MR) is 105 cm³/mol. The molecule has 0 spiro atoms. The molecule has 0 bridgehead atoms. The summed E-state index contributed by atoms with van der Waals surface area (Å²) in [5, 5.41) is 0.948. The Morgan fingerprint density at radius 1 is 1.15 bits per heavy atom. The van der Waals surface area contributed by atoms with E-state index >= 15 is 0 Å². The summed E-state index contributed by atoms with van der Waals surface area (Å²) in [5.74, 6) is 0.802. The zero-order chi connectivity index (χ0) is 18.8. The second-order valence-corrected chi connectivity index (χ2v) is 6.95. The van der Waals surface area contributed by atoms with Gasteiger partial charge in [-0.1, -0.05) is 12.1 Å². The van der Waals surface area contributed by atoms with Gasteiger partial charge in [0, 0.05) is 28.7 Å². The number of nitrogens with zero attached hydrogens (tertiary/aromatic N) is 1. The third-order valence-electron chi connectivity index (χ3n) is 4.61. The number of ether oxygens (including phenoxy) is 1. The van der Waals surface area contributed by atoms with Gasteiger partial charge in [-0.15, -0.1) is 0 Å². The van der Waals surface area contributed by atoms with E-state index in [4.69, 9.17) is 9.15 Å². The summed E-state index contributed by atoms with van der Waals surface area (Å²) in [7, 11) is 1.62. The third-order valence-corrected chi connectivity index (χ3v) is 4.61. The Labute approximate surface area is 154 Å². The average molecular weight is 351 g/mol. The first-order valence-corrected chi connectivity index (χ1v) is 8.84. The van der Waals surface area contributed by atoms with Gasteiger partial charge in [0.15, 0.2) is 0 Å². The van der Waals surface area contributed by atoms with Crippen LogP contribution in [-0.4, -0.2) is 19.1 Å². The number of rotatable bonds is 5. The van der Waals surface area contributed by atoms with Gasteiger partial charge in [-0.3, -0.25) is 4.79 Å². The van der Waals surface area contributed by atoms with Crippen LogP contribution in [0.5, 0.6) is 5.75 Å². The Morgan fingerprint density at radius 3 is 2.62 bits per heavy atom. The maximum Gasteiger partial charge on any atom is 0.231 e. The van der Waals surface area contributed by atoms with E-state index in [1.165, 1.54) is 0 Å². The van der Waals surface area contributed by atoms with Crippen molar-refractivity contribution in [2.24, 2.45) is 0 Å². The smallest absolute Gasteiger partial charge is 0.231 e. The van der Waals surface area contributed by atoms with Gasteiger partial charge < -0.3 is 14.1 Å². The molecule has 3 rings (SSSR count). The molecule has 4 nitrogen and oxygen atoms in total. The number of benzene rings is 2. The summed E-state index contributed by atoms with van der Waals surface area (Å²) in [6.45, 7) is 8.16. The van der Waals surface area contributed by atoms with E-state index in [2.05, 4.69) is 18.2 Å². The number of methoxy groups -OCH3 is 1. The van der Waals surface area contributed by atoms with Gasteiger partial charge in [0.1, 0.15) is 11.3 Å². The number of hydrogen-bond donors (Lipinski definition) is 0. The highest BCUT2D eigenvalue weighted by Gasteiger charge is 2.22. The molecular weight excluding hydrogens is 326 g/mol. The SMILES string of the molecule is COc1ccc2c(CC(=O)N(c3cc(C)ccc3C)C(C)C)coc2c1. The molecule has 0 saturated carbocycles. The van der Waals surface area contributed by atoms with Crippen LogP contribution < -0.4 is 9.64 Å². The Morgan fingerprint density at radius 2 is 1.92 bits per heavy atom. The maximum atomic E-state index is 13.1. The summed E-state index contributed by atoms with van der Waals surface area (Å²) >= 11 is 0. The number of carbonyl (C=O) groups excluding carboxylic acids is 1. The first kappa shape index (κ1) is 18.1. The van der Waals surface area contributed by atoms with Crippen LogP contribution in [0.1, 0.15) is 30.5 Å². The lowest BCUT2D eigenvalue weighted by Crippen LogP contribution is -2.38. The van der Waals surface area contributed by atoms with Crippen molar-refractivity contribution in [2.75, 3.05) is 12.0 Å². The summed E-state index contributed by atoms with van der Waals surface area (Å²) in [5.41, 5.74) is 4.84. The van der Waals surface area contributed by atoms with Crippen molar-refractivity contribution in [3.8, 4) is 5.75 Å². The van der Waals surface area contributed by atoms with Crippen LogP contribution in [0.2, 0.25) is 0 Å². The molecule has 1 amide bonds. The monoisotopic (exact) mass is 351 g/mol. The van der Waals surface area contributed by atoms with E-state index in [0.29, 0.717) is 6.42 Å². The number of amides is 1. The van der Waals surface area contributed by atoms with Crippen molar-refractivity contribution >= 4 is 22.6 Å². The molecule has 0 aliphatic rings.